The third-order valence-electron chi connectivity index (χ3n) is 3.60. The summed E-state index contributed by atoms with van der Waals surface area (Å²) >= 11 is 3.46. The molecule has 1 aliphatic carbocycles. The fraction of sp³-hybridized carbons (Fsp3) is 0.267. The molecule has 1 aliphatic rings. The Bertz CT molecular complexity index is 653. The average Bonchev–Trinajstić information content (AvgIpc) is 3.06. The maximum absolute atomic E-state index is 12.3. The number of hydrogen-bond acceptors (Lipinski definition) is 3. The van der Waals surface area contributed by atoms with Gasteiger partial charge >= 0.3 is 0 Å². The van der Waals surface area contributed by atoms with Crippen LogP contribution >= 0.6 is 28.3 Å². The molecule has 0 saturated heterocycles. The molecule has 21 heavy (non-hydrogen) atoms. The second kappa shape index (κ2) is 6.22. The van der Waals surface area contributed by atoms with Crippen molar-refractivity contribution in [1.82, 2.24) is 5.32 Å². The molecule has 4 nitrogen and oxygen atoms in total. The molecule has 1 heterocycles. The lowest BCUT2D eigenvalue weighted by atomic mass is 10.0. The highest BCUT2D eigenvalue weighted by Gasteiger charge is 2.45. The highest BCUT2D eigenvalue weighted by atomic mass is 79.9. The van der Waals surface area contributed by atoms with Crippen molar-refractivity contribution in [3.05, 3.63) is 58.0 Å². The first-order chi connectivity index (χ1) is 9.63. The summed E-state index contributed by atoms with van der Waals surface area (Å²) in [4.78, 5) is 12.3. The van der Waals surface area contributed by atoms with Crippen LogP contribution in [-0.2, 0) is 12.1 Å². The number of nitrogens with one attached hydrogen (secondary N) is 1. The molecule has 0 spiro atoms. The Morgan fingerprint density at radius 2 is 2.14 bits per heavy atom. The number of halogens is 2. The van der Waals surface area contributed by atoms with Crippen LogP contribution < -0.4 is 11.1 Å². The van der Waals surface area contributed by atoms with Crippen LogP contribution in [0.5, 0.6) is 0 Å². The van der Waals surface area contributed by atoms with E-state index in [0.29, 0.717) is 17.9 Å². The number of carbonyl (C=O) groups is 1. The van der Waals surface area contributed by atoms with Crippen molar-refractivity contribution in [2.75, 3.05) is 0 Å². The Morgan fingerprint density at radius 3 is 2.71 bits per heavy atom. The number of hydrogen-bond donors (Lipinski definition) is 2. The summed E-state index contributed by atoms with van der Waals surface area (Å²) in [5.74, 6) is 0.494. The van der Waals surface area contributed by atoms with E-state index >= 15 is 0 Å². The van der Waals surface area contributed by atoms with Crippen LogP contribution in [-0.4, -0.2) is 5.91 Å². The summed E-state index contributed by atoms with van der Waals surface area (Å²) < 4.78 is 6.22. The minimum absolute atomic E-state index is 0. The lowest BCUT2D eigenvalue weighted by Crippen LogP contribution is -2.34. The van der Waals surface area contributed by atoms with Crippen molar-refractivity contribution >= 4 is 34.2 Å². The second-order valence-electron chi connectivity index (χ2n) is 5.05. The summed E-state index contributed by atoms with van der Waals surface area (Å²) in [7, 11) is 0. The predicted octanol–water partition coefficient (Wildman–Crippen LogP) is 3.34. The fourth-order valence-corrected chi connectivity index (χ4v) is 2.69. The normalized spacial score (nSPS) is 15.1. The molecule has 3 N–H and O–H groups in total. The molecule has 0 bridgehead atoms. The van der Waals surface area contributed by atoms with E-state index in [-0.39, 0.29) is 23.9 Å². The molecule has 0 aliphatic heterocycles. The second-order valence-corrected chi connectivity index (χ2v) is 5.97. The van der Waals surface area contributed by atoms with E-state index in [1.807, 2.05) is 24.3 Å². The summed E-state index contributed by atoms with van der Waals surface area (Å²) in [6.07, 6.45) is 3.36. The molecule has 1 amide bonds. The Hall–Kier alpha value is -1.30. The minimum atomic E-state index is -0.235. The average molecular weight is 372 g/mol. The minimum Gasteiger partial charge on any atom is -0.467 e. The van der Waals surface area contributed by atoms with Gasteiger partial charge in [-0.3, -0.25) is 4.79 Å². The highest BCUT2D eigenvalue weighted by Crippen LogP contribution is 2.46. The van der Waals surface area contributed by atoms with Gasteiger partial charge in [0.1, 0.15) is 12.0 Å². The Labute approximate surface area is 137 Å². The van der Waals surface area contributed by atoms with Gasteiger partial charge in [-0.25, -0.2) is 0 Å². The lowest BCUT2D eigenvalue weighted by molar-refractivity contribution is 0.0930. The first-order valence-electron chi connectivity index (χ1n) is 6.49. The number of benzene rings is 1. The van der Waals surface area contributed by atoms with Crippen LogP contribution in [0.25, 0.3) is 0 Å². The number of furan rings is 1. The van der Waals surface area contributed by atoms with Gasteiger partial charge in [0.25, 0.3) is 5.91 Å². The molecule has 1 aromatic carbocycles. The largest absolute Gasteiger partial charge is 0.467 e. The van der Waals surface area contributed by atoms with E-state index in [9.17, 15) is 4.79 Å². The van der Waals surface area contributed by atoms with Gasteiger partial charge in [-0.2, -0.15) is 0 Å². The molecule has 1 saturated carbocycles. The van der Waals surface area contributed by atoms with Crippen molar-refractivity contribution in [3.8, 4) is 0 Å². The van der Waals surface area contributed by atoms with Crippen molar-refractivity contribution in [2.24, 2.45) is 5.73 Å². The maximum Gasteiger partial charge on any atom is 0.255 e. The zero-order valence-corrected chi connectivity index (χ0v) is 13.7. The zero-order chi connectivity index (χ0) is 14.2. The summed E-state index contributed by atoms with van der Waals surface area (Å²) in [6.45, 7) is 0.296. The van der Waals surface area contributed by atoms with E-state index in [1.54, 1.807) is 6.07 Å². The van der Waals surface area contributed by atoms with Gasteiger partial charge in [0.2, 0.25) is 0 Å². The van der Waals surface area contributed by atoms with E-state index in [2.05, 4.69) is 21.2 Å². The van der Waals surface area contributed by atoms with Gasteiger partial charge in [0.15, 0.2) is 0 Å². The molecule has 6 heteroatoms. The molecule has 1 aromatic heterocycles. The molecule has 0 radical (unpaired) electrons. The number of rotatable bonds is 4. The van der Waals surface area contributed by atoms with Gasteiger partial charge < -0.3 is 15.5 Å². The SMILES string of the molecule is Cl.NCc1cc(C(=O)NC2(c3cccc(Br)c3)CC2)co1. The molecule has 2 aromatic rings. The van der Waals surface area contributed by atoms with Gasteiger partial charge in [-0.05, 0) is 36.6 Å². The lowest BCUT2D eigenvalue weighted by Gasteiger charge is -2.17. The van der Waals surface area contributed by atoms with Crippen LogP contribution in [0.1, 0.15) is 34.5 Å². The van der Waals surface area contributed by atoms with Crippen molar-refractivity contribution in [3.63, 3.8) is 0 Å². The molecule has 112 valence electrons. The number of nitrogens with two attached hydrogens (primary N) is 1. The topological polar surface area (TPSA) is 68.3 Å². The van der Waals surface area contributed by atoms with Gasteiger partial charge in [-0.15, -0.1) is 12.4 Å². The molecule has 0 unspecified atom stereocenters. The van der Waals surface area contributed by atoms with E-state index in [4.69, 9.17) is 10.2 Å². The molecule has 0 atom stereocenters. The predicted molar refractivity (Wildman–Crippen MR) is 86.4 cm³/mol. The van der Waals surface area contributed by atoms with E-state index in [0.717, 1.165) is 22.9 Å². The van der Waals surface area contributed by atoms with Crippen molar-refractivity contribution in [2.45, 2.75) is 24.9 Å². The molecule has 1 fully saturated rings. The van der Waals surface area contributed by atoms with Crippen molar-refractivity contribution in [1.29, 1.82) is 0 Å². The standard InChI is InChI=1S/C15H15BrN2O2.ClH/c16-12-3-1-2-11(7-12)15(4-5-15)18-14(19)10-6-13(8-17)20-9-10;/h1-3,6-7,9H,4-5,8,17H2,(H,18,19);1H. The van der Waals surface area contributed by atoms with Gasteiger partial charge in [0.05, 0.1) is 17.6 Å². The van der Waals surface area contributed by atoms with Crippen LogP contribution in [0, 0.1) is 0 Å². The zero-order valence-electron chi connectivity index (χ0n) is 11.3. The van der Waals surface area contributed by atoms with Crippen LogP contribution in [0.2, 0.25) is 0 Å². The van der Waals surface area contributed by atoms with Gasteiger partial charge in [-0.1, -0.05) is 28.1 Å². The van der Waals surface area contributed by atoms with Gasteiger partial charge in [0, 0.05) is 4.47 Å². The Balaban J connectivity index is 0.00000161. The van der Waals surface area contributed by atoms with Crippen molar-refractivity contribution < 1.29 is 9.21 Å². The van der Waals surface area contributed by atoms with E-state index < -0.39 is 0 Å². The first-order valence-corrected chi connectivity index (χ1v) is 7.28. The molecular formula is C15H16BrClN2O2. The van der Waals surface area contributed by atoms with E-state index in [1.165, 1.54) is 6.26 Å². The Kier molecular flexibility index (Phi) is 4.76. The quantitative estimate of drug-likeness (QED) is 0.866. The third kappa shape index (κ3) is 3.31. The number of carbonyl (C=O) groups excluding carboxylic acids is 1. The maximum atomic E-state index is 12.3. The fourth-order valence-electron chi connectivity index (χ4n) is 2.29. The monoisotopic (exact) mass is 370 g/mol. The Morgan fingerprint density at radius 1 is 1.38 bits per heavy atom. The third-order valence-corrected chi connectivity index (χ3v) is 4.09. The molecular weight excluding hydrogens is 356 g/mol. The first kappa shape index (κ1) is 16.1. The molecule has 3 rings (SSSR count). The summed E-state index contributed by atoms with van der Waals surface area (Å²) in [6, 6.07) is 9.74. The van der Waals surface area contributed by atoms with Crippen LogP contribution in [0.3, 0.4) is 0 Å². The summed E-state index contributed by atoms with van der Waals surface area (Å²) in [5, 5.41) is 3.10. The smallest absolute Gasteiger partial charge is 0.255 e. The number of amides is 1. The highest BCUT2D eigenvalue weighted by molar-refractivity contribution is 9.10. The summed E-state index contributed by atoms with van der Waals surface area (Å²) in [5.41, 5.74) is 6.89. The van der Waals surface area contributed by atoms with Crippen LogP contribution in [0.15, 0.2) is 45.5 Å². The van der Waals surface area contributed by atoms with Crippen LogP contribution in [0.4, 0.5) is 0 Å².